The van der Waals surface area contributed by atoms with Crippen molar-refractivity contribution in [2.24, 2.45) is 0 Å². The van der Waals surface area contributed by atoms with Gasteiger partial charge in [-0.25, -0.2) is 8.42 Å². The second kappa shape index (κ2) is 6.02. The molecule has 2 aromatic carbocycles. The number of hydrogen-bond acceptors (Lipinski definition) is 2. The molecule has 0 aliphatic rings. The number of halogens is 1. The van der Waals surface area contributed by atoms with E-state index in [9.17, 15) is 8.42 Å². The lowest BCUT2D eigenvalue weighted by atomic mass is 10.2. The van der Waals surface area contributed by atoms with Gasteiger partial charge in [0, 0.05) is 0 Å². The summed E-state index contributed by atoms with van der Waals surface area (Å²) >= 11 is 3.32. The van der Waals surface area contributed by atoms with Gasteiger partial charge < -0.3 is 0 Å². The predicted molar refractivity (Wildman–Crippen MR) is 80.5 cm³/mol. The first-order valence-corrected chi connectivity index (χ1v) is 7.91. The van der Waals surface area contributed by atoms with Crippen molar-refractivity contribution < 1.29 is 8.42 Å². The Labute approximate surface area is 121 Å². The molecule has 0 N–H and O–H groups in total. The van der Waals surface area contributed by atoms with E-state index in [1.54, 1.807) is 30.3 Å². The molecule has 19 heavy (non-hydrogen) atoms. The van der Waals surface area contributed by atoms with Gasteiger partial charge in [0.15, 0.2) is 0 Å². The van der Waals surface area contributed by atoms with Gasteiger partial charge in [0.2, 0.25) is 9.84 Å². The molecule has 4 heteroatoms. The summed E-state index contributed by atoms with van der Waals surface area (Å²) in [6.45, 7) is 0. The van der Waals surface area contributed by atoms with Crippen molar-refractivity contribution in [3.05, 3.63) is 77.4 Å². The lowest BCUT2D eigenvalue weighted by Gasteiger charge is -1.97. The maximum absolute atomic E-state index is 12.0. The van der Waals surface area contributed by atoms with Crippen molar-refractivity contribution in [3.63, 3.8) is 0 Å². The van der Waals surface area contributed by atoms with Crippen molar-refractivity contribution in [3.8, 4) is 0 Å². The predicted octanol–water partition coefficient (Wildman–Crippen LogP) is 4.01. The molecule has 2 rings (SSSR count). The Bertz CT molecular complexity index is 713. The van der Waals surface area contributed by atoms with Crippen molar-refractivity contribution in [2.45, 2.75) is 4.90 Å². The molecule has 0 radical (unpaired) electrons. The molecule has 0 amide bonds. The van der Waals surface area contributed by atoms with Crippen LogP contribution in [0.1, 0.15) is 5.56 Å². The average Bonchev–Trinajstić information content (AvgIpc) is 2.47. The SMILES string of the molecule is O=S(=O)(C=C=C(Br)c1ccccc1)c1ccccc1. The molecule has 0 atom stereocenters. The third-order valence-corrected chi connectivity index (χ3v) is 4.48. The van der Waals surface area contributed by atoms with E-state index in [4.69, 9.17) is 0 Å². The summed E-state index contributed by atoms with van der Waals surface area (Å²) in [7, 11) is -3.45. The number of sulfone groups is 1. The molecule has 2 aromatic rings. The van der Waals surface area contributed by atoms with E-state index in [1.165, 1.54) is 0 Å². The summed E-state index contributed by atoms with van der Waals surface area (Å²) in [5.74, 6) is 0. The largest absolute Gasteiger partial charge is 0.218 e. The molecule has 96 valence electrons. The van der Waals surface area contributed by atoms with Crippen molar-refractivity contribution in [1.82, 2.24) is 0 Å². The Morgan fingerprint density at radius 2 is 1.47 bits per heavy atom. The number of benzene rings is 2. The summed E-state index contributed by atoms with van der Waals surface area (Å²) in [6, 6.07) is 17.7. The van der Waals surface area contributed by atoms with Crippen molar-refractivity contribution in [2.75, 3.05) is 0 Å². The Hall–Kier alpha value is -1.61. The van der Waals surface area contributed by atoms with Gasteiger partial charge in [-0.15, -0.1) is 0 Å². The van der Waals surface area contributed by atoms with Crippen LogP contribution < -0.4 is 0 Å². The highest BCUT2D eigenvalue weighted by molar-refractivity contribution is 9.15. The van der Waals surface area contributed by atoms with Crippen molar-refractivity contribution in [1.29, 1.82) is 0 Å². The first kappa shape index (κ1) is 13.8. The van der Waals surface area contributed by atoms with Crippen LogP contribution in [0.25, 0.3) is 4.48 Å². The number of hydrogen-bond donors (Lipinski definition) is 0. The van der Waals surface area contributed by atoms with Crippen LogP contribution in [0.2, 0.25) is 0 Å². The Kier molecular flexibility index (Phi) is 4.38. The second-order valence-electron chi connectivity index (χ2n) is 3.80. The average molecular weight is 335 g/mol. The summed E-state index contributed by atoms with van der Waals surface area (Å²) in [6.07, 6.45) is 0. The molecule has 0 spiro atoms. The molecule has 0 heterocycles. The minimum Gasteiger partial charge on any atom is -0.218 e. The zero-order chi connectivity index (χ0) is 13.7. The highest BCUT2D eigenvalue weighted by Crippen LogP contribution is 2.20. The Balaban J connectivity index is 2.38. The topological polar surface area (TPSA) is 34.1 Å². The molecular weight excluding hydrogens is 324 g/mol. The summed E-state index contributed by atoms with van der Waals surface area (Å²) in [4.78, 5) is 0.260. The van der Waals surface area contributed by atoms with Gasteiger partial charge in [-0.3, -0.25) is 0 Å². The van der Waals surface area contributed by atoms with Gasteiger partial charge in [-0.2, -0.15) is 0 Å². The zero-order valence-corrected chi connectivity index (χ0v) is 12.4. The van der Waals surface area contributed by atoms with Crippen LogP contribution >= 0.6 is 15.9 Å². The fourth-order valence-corrected chi connectivity index (χ4v) is 2.95. The molecule has 0 unspecified atom stereocenters. The van der Waals surface area contributed by atoms with E-state index in [0.29, 0.717) is 4.48 Å². The van der Waals surface area contributed by atoms with Gasteiger partial charge in [-0.05, 0) is 33.6 Å². The Morgan fingerprint density at radius 3 is 2.05 bits per heavy atom. The lowest BCUT2D eigenvalue weighted by Crippen LogP contribution is -1.94. The molecular formula is C15H11BrO2S. The smallest absolute Gasteiger partial charge is 0.207 e. The summed E-state index contributed by atoms with van der Waals surface area (Å²) in [5.41, 5.74) is 3.63. The fourth-order valence-electron chi connectivity index (χ4n) is 1.48. The third kappa shape index (κ3) is 3.67. The van der Waals surface area contributed by atoms with Gasteiger partial charge >= 0.3 is 0 Å². The molecule has 0 aromatic heterocycles. The van der Waals surface area contributed by atoms with Crippen LogP contribution in [-0.4, -0.2) is 8.42 Å². The molecule has 0 aliphatic carbocycles. The van der Waals surface area contributed by atoms with Gasteiger partial charge in [-0.1, -0.05) is 54.3 Å². The van der Waals surface area contributed by atoms with E-state index >= 15 is 0 Å². The molecule has 0 aliphatic heterocycles. The molecule has 0 saturated heterocycles. The normalized spacial score (nSPS) is 10.6. The highest BCUT2D eigenvalue weighted by Gasteiger charge is 2.08. The molecule has 0 fully saturated rings. The van der Waals surface area contributed by atoms with Crippen LogP contribution in [0.15, 0.2) is 76.7 Å². The second-order valence-corrected chi connectivity index (χ2v) is 6.39. The summed E-state index contributed by atoms with van der Waals surface area (Å²) in [5, 5.41) is 1.08. The van der Waals surface area contributed by atoms with Crippen LogP contribution in [-0.2, 0) is 9.84 Å². The maximum Gasteiger partial charge on any atom is 0.207 e. The van der Waals surface area contributed by atoms with Crippen LogP contribution in [0.3, 0.4) is 0 Å². The minimum atomic E-state index is -3.45. The Morgan fingerprint density at radius 1 is 0.947 bits per heavy atom. The standard InChI is InChI=1S/C15H11BrO2S/c16-15(13-7-3-1-4-8-13)11-12-19(17,18)14-9-5-2-6-10-14/h1-10,12H. The van der Waals surface area contributed by atoms with Crippen LogP contribution in [0.5, 0.6) is 0 Å². The van der Waals surface area contributed by atoms with Crippen molar-refractivity contribution >= 4 is 30.2 Å². The van der Waals surface area contributed by atoms with E-state index in [2.05, 4.69) is 21.7 Å². The van der Waals surface area contributed by atoms with E-state index in [1.807, 2.05) is 30.3 Å². The van der Waals surface area contributed by atoms with Crippen LogP contribution in [0.4, 0.5) is 0 Å². The van der Waals surface area contributed by atoms with E-state index in [-0.39, 0.29) is 4.90 Å². The monoisotopic (exact) mass is 334 g/mol. The van der Waals surface area contributed by atoms with Gasteiger partial charge in [0.1, 0.15) is 0 Å². The number of rotatable bonds is 3. The van der Waals surface area contributed by atoms with Crippen LogP contribution in [0, 0.1) is 0 Å². The molecule has 0 bridgehead atoms. The van der Waals surface area contributed by atoms with E-state index < -0.39 is 9.84 Å². The lowest BCUT2D eigenvalue weighted by molar-refractivity contribution is 0.604. The van der Waals surface area contributed by atoms with E-state index in [0.717, 1.165) is 11.0 Å². The summed E-state index contributed by atoms with van der Waals surface area (Å²) < 4.78 is 24.6. The van der Waals surface area contributed by atoms with Gasteiger partial charge in [0.05, 0.1) is 14.8 Å². The fraction of sp³-hybridized carbons (Fsp3) is 0. The zero-order valence-electron chi connectivity index (χ0n) is 9.95. The quantitative estimate of drug-likeness (QED) is 0.795. The minimum absolute atomic E-state index is 0.260. The first-order valence-electron chi connectivity index (χ1n) is 5.57. The first-order chi connectivity index (χ1) is 9.09. The maximum atomic E-state index is 12.0. The highest BCUT2D eigenvalue weighted by atomic mass is 79.9. The van der Waals surface area contributed by atoms with Gasteiger partial charge in [0.25, 0.3) is 0 Å². The molecule has 2 nitrogen and oxygen atoms in total. The molecule has 0 saturated carbocycles. The third-order valence-electron chi connectivity index (χ3n) is 2.44.